The number of hydrogen-bond donors (Lipinski definition) is 0. The highest BCUT2D eigenvalue weighted by molar-refractivity contribution is 8.00. The number of benzene rings is 1. The van der Waals surface area contributed by atoms with Crippen molar-refractivity contribution in [3.8, 4) is 5.69 Å². The van der Waals surface area contributed by atoms with E-state index in [0.29, 0.717) is 13.2 Å². The summed E-state index contributed by atoms with van der Waals surface area (Å²) >= 11 is 1.44. The predicted octanol–water partition coefficient (Wildman–Crippen LogP) is 2.17. The van der Waals surface area contributed by atoms with Crippen LogP contribution in [-0.2, 0) is 9.53 Å². The van der Waals surface area contributed by atoms with E-state index in [0.717, 1.165) is 29.9 Å². The van der Waals surface area contributed by atoms with E-state index in [-0.39, 0.29) is 11.0 Å². The van der Waals surface area contributed by atoms with Gasteiger partial charge in [-0.3, -0.25) is 9.36 Å². The van der Waals surface area contributed by atoms with Gasteiger partial charge in [-0.05, 0) is 26.0 Å². The van der Waals surface area contributed by atoms with Crippen molar-refractivity contribution in [1.29, 1.82) is 0 Å². The lowest BCUT2D eigenvalue weighted by Crippen LogP contribution is -2.37. The molecule has 0 amide bonds. The molecule has 2 heterocycles. The van der Waals surface area contributed by atoms with Gasteiger partial charge in [0.15, 0.2) is 5.16 Å². The lowest BCUT2D eigenvalue weighted by molar-refractivity contribution is -0.116. The highest BCUT2D eigenvalue weighted by Gasteiger charge is 2.23. The first kappa shape index (κ1) is 16.0. The van der Waals surface area contributed by atoms with Crippen molar-refractivity contribution in [1.82, 2.24) is 14.8 Å². The van der Waals surface area contributed by atoms with Crippen molar-refractivity contribution in [2.75, 3.05) is 31.2 Å². The number of thioether (sulfide) groups is 1. The van der Waals surface area contributed by atoms with E-state index in [2.05, 4.69) is 15.1 Å². The minimum absolute atomic E-state index is 0.130. The Morgan fingerprint density at radius 2 is 1.91 bits per heavy atom. The maximum atomic E-state index is 11.6. The predicted molar refractivity (Wildman–Crippen MR) is 90.4 cm³/mol. The monoisotopic (exact) mass is 332 g/mol. The maximum Gasteiger partial charge on any atom is 0.232 e. The van der Waals surface area contributed by atoms with Crippen LogP contribution in [0.1, 0.15) is 13.8 Å². The maximum absolute atomic E-state index is 11.6. The minimum Gasteiger partial charge on any atom is -0.378 e. The van der Waals surface area contributed by atoms with Crippen molar-refractivity contribution in [2.45, 2.75) is 24.3 Å². The molecule has 1 saturated heterocycles. The van der Waals surface area contributed by atoms with E-state index in [4.69, 9.17) is 4.74 Å². The summed E-state index contributed by atoms with van der Waals surface area (Å²) in [6.45, 7) is 6.45. The van der Waals surface area contributed by atoms with Gasteiger partial charge in [0, 0.05) is 13.1 Å². The summed E-state index contributed by atoms with van der Waals surface area (Å²) in [4.78, 5) is 13.8. The number of aromatic nitrogens is 3. The molecule has 0 saturated carbocycles. The lowest BCUT2D eigenvalue weighted by Gasteiger charge is -2.28. The van der Waals surface area contributed by atoms with E-state index in [1.165, 1.54) is 11.8 Å². The van der Waals surface area contributed by atoms with E-state index in [1.54, 1.807) is 6.92 Å². The fourth-order valence-electron chi connectivity index (χ4n) is 2.35. The van der Waals surface area contributed by atoms with Gasteiger partial charge < -0.3 is 9.64 Å². The third-order valence-electron chi connectivity index (χ3n) is 3.78. The average Bonchev–Trinajstić information content (AvgIpc) is 3.00. The quantitative estimate of drug-likeness (QED) is 0.782. The number of nitrogens with zero attached hydrogens (tertiary/aromatic N) is 4. The normalized spacial score (nSPS) is 16.3. The minimum atomic E-state index is -0.154. The Kier molecular flexibility index (Phi) is 4.97. The molecule has 1 fully saturated rings. The summed E-state index contributed by atoms with van der Waals surface area (Å²) in [5.74, 6) is 0.934. The van der Waals surface area contributed by atoms with Crippen LogP contribution < -0.4 is 4.90 Å². The van der Waals surface area contributed by atoms with Crippen LogP contribution >= 0.6 is 11.8 Å². The van der Waals surface area contributed by atoms with Crippen molar-refractivity contribution in [3.63, 3.8) is 0 Å². The van der Waals surface area contributed by atoms with Crippen LogP contribution in [0.15, 0.2) is 35.5 Å². The zero-order chi connectivity index (χ0) is 16.2. The molecule has 3 rings (SSSR count). The van der Waals surface area contributed by atoms with Gasteiger partial charge >= 0.3 is 0 Å². The highest BCUT2D eigenvalue weighted by Crippen LogP contribution is 2.29. The molecule has 2 aromatic rings. The van der Waals surface area contributed by atoms with Gasteiger partial charge in [-0.1, -0.05) is 30.0 Å². The molecule has 23 heavy (non-hydrogen) atoms. The fraction of sp³-hybridized carbons (Fsp3) is 0.438. The number of Topliss-reactive ketones (excluding diaryl/α,β-unsaturated/α-hetero) is 1. The second-order valence-corrected chi connectivity index (χ2v) is 6.73. The first-order valence-electron chi connectivity index (χ1n) is 7.67. The molecule has 1 unspecified atom stereocenters. The summed E-state index contributed by atoms with van der Waals surface area (Å²) < 4.78 is 7.44. The Morgan fingerprint density at radius 1 is 1.22 bits per heavy atom. The number of carbonyl (C=O) groups is 1. The SMILES string of the molecule is CC(=O)C(C)Sc1nnc(N2CCOCC2)n1-c1ccccc1. The van der Waals surface area contributed by atoms with E-state index in [9.17, 15) is 4.79 Å². The van der Waals surface area contributed by atoms with E-state index >= 15 is 0 Å². The second-order valence-electron chi connectivity index (χ2n) is 5.42. The number of hydrogen-bond acceptors (Lipinski definition) is 6. The largest absolute Gasteiger partial charge is 0.378 e. The number of ether oxygens (including phenoxy) is 1. The van der Waals surface area contributed by atoms with Crippen LogP contribution in [0, 0.1) is 0 Å². The Morgan fingerprint density at radius 3 is 2.57 bits per heavy atom. The first-order valence-corrected chi connectivity index (χ1v) is 8.55. The van der Waals surface area contributed by atoms with Gasteiger partial charge in [0.25, 0.3) is 0 Å². The molecule has 1 aromatic carbocycles. The second kappa shape index (κ2) is 7.14. The number of para-hydroxylation sites is 1. The van der Waals surface area contributed by atoms with Crippen LogP contribution in [0.25, 0.3) is 5.69 Å². The molecule has 1 aliphatic rings. The number of anilines is 1. The molecule has 7 heteroatoms. The number of morpholine rings is 1. The smallest absolute Gasteiger partial charge is 0.232 e. The van der Waals surface area contributed by atoms with E-state index in [1.807, 2.05) is 41.8 Å². The molecule has 6 nitrogen and oxygen atoms in total. The van der Waals surface area contributed by atoms with Gasteiger partial charge in [-0.25, -0.2) is 0 Å². The Labute approximate surface area is 139 Å². The van der Waals surface area contributed by atoms with Crippen LogP contribution in [0.4, 0.5) is 5.95 Å². The van der Waals surface area contributed by atoms with Gasteiger partial charge in [-0.15, -0.1) is 10.2 Å². The Balaban J connectivity index is 1.99. The molecule has 0 radical (unpaired) electrons. The van der Waals surface area contributed by atoms with Crippen LogP contribution in [-0.4, -0.2) is 52.1 Å². The average molecular weight is 332 g/mol. The van der Waals surface area contributed by atoms with Crippen molar-refractivity contribution < 1.29 is 9.53 Å². The molecule has 0 aliphatic carbocycles. The Bertz CT molecular complexity index is 668. The zero-order valence-corrected chi connectivity index (χ0v) is 14.1. The summed E-state index contributed by atoms with van der Waals surface area (Å²) in [6, 6.07) is 10.0. The van der Waals surface area contributed by atoms with Gasteiger partial charge in [0.2, 0.25) is 5.95 Å². The standard InChI is InChI=1S/C16H20N4O2S/c1-12(21)13(2)23-16-18-17-15(19-8-10-22-11-9-19)20(16)14-6-4-3-5-7-14/h3-7,13H,8-11H2,1-2H3. The van der Waals surface area contributed by atoms with Gasteiger partial charge in [0.05, 0.1) is 24.2 Å². The van der Waals surface area contributed by atoms with Gasteiger partial charge in [0.1, 0.15) is 5.78 Å². The van der Waals surface area contributed by atoms with Crippen molar-refractivity contribution in [2.24, 2.45) is 0 Å². The van der Waals surface area contributed by atoms with Crippen LogP contribution in [0.3, 0.4) is 0 Å². The molecule has 0 spiro atoms. The third kappa shape index (κ3) is 3.56. The molecular formula is C16H20N4O2S. The van der Waals surface area contributed by atoms with Crippen LogP contribution in [0.2, 0.25) is 0 Å². The summed E-state index contributed by atoms with van der Waals surface area (Å²) in [5, 5.41) is 9.29. The zero-order valence-electron chi connectivity index (χ0n) is 13.3. The molecular weight excluding hydrogens is 312 g/mol. The molecule has 1 atom stereocenters. The van der Waals surface area contributed by atoms with E-state index < -0.39 is 0 Å². The summed E-state index contributed by atoms with van der Waals surface area (Å²) in [7, 11) is 0. The molecule has 0 N–H and O–H groups in total. The summed E-state index contributed by atoms with van der Waals surface area (Å²) in [5.41, 5.74) is 0.997. The number of rotatable bonds is 5. The molecule has 0 bridgehead atoms. The number of carbonyl (C=O) groups excluding carboxylic acids is 1. The van der Waals surface area contributed by atoms with Crippen LogP contribution in [0.5, 0.6) is 0 Å². The fourth-order valence-corrected chi connectivity index (χ4v) is 3.21. The summed E-state index contributed by atoms with van der Waals surface area (Å²) in [6.07, 6.45) is 0. The third-order valence-corrected chi connectivity index (χ3v) is 4.94. The van der Waals surface area contributed by atoms with Crippen molar-refractivity contribution in [3.05, 3.63) is 30.3 Å². The molecule has 1 aliphatic heterocycles. The first-order chi connectivity index (χ1) is 11.2. The van der Waals surface area contributed by atoms with Gasteiger partial charge in [-0.2, -0.15) is 0 Å². The molecule has 122 valence electrons. The number of ketones is 1. The molecule has 1 aromatic heterocycles. The Hall–Kier alpha value is -1.86. The highest BCUT2D eigenvalue weighted by atomic mass is 32.2. The lowest BCUT2D eigenvalue weighted by atomic mass is 10.3. The van der Waals surface area contributed by atoms with Crippen molar-refractivity contribution >= 4 is 23.5 Å². The topological polar surface area (TPSA) is 60.3 Å².